The highest BCUT2D eigenvalue weighted by atomic mass is 79.9. The molecule has 0 aliphatic carbocycles. The molecule has 0 aromatic heterocycles. The van der Waals surface area contributed by atoms with Crippen LogP contribution in [0.15, 0.2) is 46.9 Å². The van der Waals surface area contributed by atoms with E-state index in [4.69, 9.17) is 22.1 Å². The number of ether oxygens (including phenoxy) is 1. The second-order valence-electron chi connectivity index (χ2n) is 4.53. The van der Waals surface area contributed by atoms with Gasteiger partial charge < -0.3 is 15.8 Å². The van der Waals surface area contributed by atoms with Crippen LogP contribution in [0.1, 0.15) is 18.5 Å². The van der Waals surface area contributed by atoms with E-state index < -0.39 is 0 Å². The molecule has 1 atom stereocenters. The zero-order chi connectivity index (χ0) is 15.2. The average molecular weight is 370 g/mol. The summed E-state index contributed by atoms with van der Waals surface area (Å²) in [5.41, 5.74) is 7.93. The van der Waals surface area contributed by atoms with E-state index in [1.165, 1.54) is 0 Å². The summed E-state index contributed by atoms with van der Waals surface area (Å²) in [6, 6.07) is 13.6. The van der Waals surface area contributed by atoms with Crippen molar-refractivity contribution in [2.45, 2.75) is 13.0 Å². The molecule has 0 aliphatic heterocycles. The van der Waals surface area contributed by atoms with Crippen LogP contribution in [0.4, 0.5) is 5.69 Å². The van der Waals surface area contributed by atoms with Crippen LogP contribution >= 0.6 is 27.5 Å². The Labute approximate surface area is 138 Å². The van der Waals surface area contributed by atoms with Crippen LogP contribution in [0.25, 0.3) is 0 Å². The Kier molecular flexibility index (Phi) is 5.91. The molecule has 5 heteroatoms. The van der Waals surface area contributed by atoms with E-state index in [1.54, 1.807) is 0 Å². The Morgan fingerprint density at radius 2 is 2.05 bits per heavy atom. The van der Waals surface area contributed by atoms with Crippen molar-refractivity contribution in [2.75, 3.05) is 18.5 Å². The molecule has 21 heavy (non-hydrogen) atoms. The Morgan fingerprint density at radius 3 is 2.71 bits per heavy atom. The molecule has 0 fully saturated rings. The third kappa shape index (κ3) is 4.13. The van der Waals surface area contributed by atoms with Gasteiger partial charge in [0.05, 0.1) is 17.7 Å². The van der Waals surface area contributed by atoms with Gasteiger partial charge in [-0.25, -0.2) is 0 Å². The van der Waals surface area contributed by atoms with Gasteiger partial charge in [-0.05, 0) is 47.1 Å². The zero-order valence-electron chi connectivity index (χ0n) is 11.8. The topological polar surface area (TPSA) is 47.3 Å². The van der Waals surface area contributed by atoms with Gasteiger partial charge >= 0.3 is 0 Å². The smallest absolute Gasteiger partial charge is 0.124 e. The van der Waals surface area contributed by atoms with E-state index in [0.29, 0.717) is 18.2 Å². The molecule has 112 valence electrons. The quantitative estimate of drug-likeness (QED) is 0.781. The van der Waals surface area contributed by atoms with Crippen molar-refractivity contribution in [2.24, 2.45) is 5.73 Å². The molecule has 2 rings (SSSR count). The van der Waals surface area contributed by atoms with E-state index >= 15 is 0 Å². The summed E-state index contributed by atoms with van der Waals surface area (Å²) in [5.74, 6) is 0.857. The maximum atomic E-state index is 6.02. The summed E-state index contributed by atoms with van der Waals surface area (Å²) in [5, 5.41) is 4.10. The first-order valence-electron chi connectivity index (χ1n) is 6.79. The molecular formula is C16H18BrClN2O. The van der Waals surface area contributed by atoms with Crippen molar-refractivity contribution in [3.8, 4) is 5.75 Å². The third-order valence-electron chi connectivity index (χ3n) is 3.09. The van der Waals surface area contributed by atoms with Crippen LogP contribution in [0.2, 0.25) is 5.02 Å². The molecular weight excluding hydrogens is 352 g/mol. The second kappa shape index (κ2) is 7.69. The molecule has 0 saturated carbocycles. The highest BCUT2D eigenvalue weighted by molar-refractivity contribution is 9.10. The molecule has 0 bridgehead atoms. The molecule has 0 aliphatic rings. The predicted octanol–water partition coefficient (Wildman–Crippen LogP) is 4.61. The minimum atomic E-state index is -0.0270. The maximum Gasteiger partial charge on any atom is 0.124 e. The molecule has 3 nitrogen and oxygen atoms in total. The van der Waals surface area contributed by atoms with Gasteiger partial charge in [-0.2, -0.15) is 0 Å². The maximum absolute atomic E-state index is 6.02. The van der Waals surface area contributed by atoms with Crippen LogP contribution in [-0.2, 0) is 0 Å². The number of anilines is 1. The first-order chi connectivity index (χ1) is 10.2. The summed E-state index contributed by atoms with van der Waals surface area (Å²) in [4.78, 5) is 0. The monoisotopic (exact) mass is 368 g/mol. The van der Waals surface area contributed by atoms with Crippen molar-refractivity contribution in [3.05, 3.63) is 57.5 Å². The van der Waals surface area contributed by atoms with Crippen molar-refractivity contribution in [1.82, 2.24) is 0 Å². The van der Waals surface area contributed by atoms with E-state index in [1.807, 2.05) is 49.4 Å². The molecule has 3 N–H and O–H groups in total. The van der Waals surface area contributed by atoms with Gasteiger partial charge in [0.2, 0.25) is 0 Å². The Morgan fingerprint density at radius 1 is 1.29 bits per heavy atom. The third-order valence-corrected chi connectivity index (χ3v) is 4.30. The van der Waals surface area contributed by atoms with Gasteiger partial charge in [0.15, 0.2) is 0 Å². The highest BCUT2D eigenvalue weighted by Gasteiger charge is 2.14. The molecule has 1 unspecified atom stereocenters. The number of nitrogens with two attached hydrogens (primary N) is 1. The number of rotatable bonds is 6. The molecule has 2 aromatic carbocycles. The Balaban J connectivity index is 2.25. The average Bonchev–Trinajstić information content (AvgIpc) is 2.49. The first kappa shape index (κ1) is 16.1. The van der Waals surface area contributed by atoms with E-state index in [2.05, 4.69) is 21.2 Å². The van der Waals surface area contributed by atoms with Crippen molar-refractivity contribution >= 4 is 33.2 Å². The Hall–Kier alpha value is -1.23. The van der Waals surface area contributed by atoms with Crippen LogP contribution < -0.4 is 15.8 Å². The van der Waals surface area contributed by atoms with Gasteiger partial charge in [-0.15, -0.1) is 0 Å². The number of nitrogens with one attached hydrogen (secondary N) is 1. The van der Waals surface area contributed by atoms with Gasteiger partial charge in [-0.1, -0.05) is 29.8 Å². The van der Waals surface area contributed by atoms with Crippen molar-refractivity contribution in [1.29, 1.82) is 0 Å². The summed E-state index contributed by atoms with van der Waals surface area (Å²) in [6.45, 7) is 3.06. The minimum absolute atomic E-state index is 0.0270. The number of hydrogen-bond donors (Lipinski definition) is 2. The molecule has 0 amide bonds. The number of halogens is 2. The van der Waals surface area contributed by atoms with Gasteiger partial charge in [0, 0.05) is 22.3 Å². The fourth-order valence-corrected chi connectivity index (χ4v) is 2.60. The standard InChI is InChI=1S/C16H18BrClN2O/c1-2-21-16-6-4-3-5-12(16)15(10-19)20-11-7-8-14(18)13(17)9-11/h3-9,15,20H,2,10,19H2,1H3. The second-order valence-corrected chi connectivity index (χ2v) is 5.79. The fourth-order valence-electron chi connectivity index (χ4n) is 2.11. The van der Waals surface area contributed by atoms with Gasteiger partial charge in [0.25, 0.3) is 0 Å². The van der Waals surface area contributed by atoms with Crippen molar-refractivity contribution in [3.63, 3.8) is 0 Å². The predicted molar refractivity (Wildman–Crippen MR) is 92.2 cm³/mol. The van der Waals surface area contributed by atoms with Crippen LogP contribution in [0.3, 0.4) is 0 Å². The number of hydrogen-bond acceptors (Lipinski definition) is 3. The van der Waals surface area contributed by atoms with Gasteiger partial charge in [0.1, 0.15) is 5.75 Å². The molecule has 2 aromatic rings. The van der Waals surface area contributed by atoms with Crippen LogP contribution in [0, 0.1) is 0 Å². The SMILES string of the molecule is CCOc1ccccc1C(CN)Nc1ccc(Cl)c(Br)c1. The Bertz CT molecular complexity index is 607. The summed E-state index contributed by atoms with van der Waals surface area (Å²) in [6.07, 6.45) is 0. The van der Waals surface area contributed by atoms with E-state index in [9.17, 15) is 0 Å². The minimum Gasteiger partial charge on any atom is -0.494 e. The lowest BCUT2D eigenvalue weighted by Gasteiger charge is -2.21. The summed E-state index contributed by atoms with van der Waals surface area (Å²) in [7, 11) is 0. The molecule has 0 spiro atoms. The van der Waals surface area contributed by atoms with Crippen LogP contribution in [-0.4, -0.2) is 13.2 Å². The van der Waals surface area contributed by atoms with E-state index in [0.717, 1.165) is 21.5 Å². The zero-order valence-corrected chi connectivity index (χ0v) is 14.1. The number of benzene rings is 2. The first-order valence-corrected chi connectivity index (χ1v) is 7.96. The molecule has 0 radical (unpaired) electrons. The van der Waals surface area contributed by atoms with E-state index in [-0.39, 0.29) is 6.04 Å². The lowest BCUT2D eigenvalue weighted by Crippen LogP contribution is -2.21. The highest BCUT2D eigenvalue weighted by Crippen LogP contribution is 2.30. The van der Waals surface area contributed by atoms with Gasteiger partial charge in [-0.3, -0.25) is 0 Å². The largest absolute Gasteiger partial charge is 0.494 e. The molecule has 0 saturated heterocycles. The lowest BCUT2D eigenvalue weighted by atomic mass is 10.1. The van der Waals surface area contributed by atoms with Crippen molar-refractivity contribution < 1.29 is 4.74 Å². The number of para-hydroxylation sites is 1. The summed E-state index contributed by atoms with van der Waals surface area (Å²) >= 11 is 9.44. The van der Waals surface area contributed by atoms with Crippen LogP contribution in [0.5, 0.6) is 5.75 Å². The summed E-state index contributed by atoms with van der Waals surface area (Å²) < 4.78 is 6.52. The lowest BCUT2D eigenvalue weighted by molar-refractivity contribution is 0.335. The fraction of sp³-hybridized carbons (Fsp3) is 0.250. The molecule has 0 heterocycles. The normalized spacial score (nSPS) is 12.0.